The van der Waals surface area contributed by atoms with E-state index in [1.807, 2.05) is 13.8 Å². The number of rotatable bonds is 3. The highest BCUT2D eigenvalue weighted by Gasteiger charge is 2.33. The van der Waals surface area contributed by atoms with E-state index in [1.165, 1.54) is 0 Å². The summed E-state index contributed by atoms with van der Waals surface area (Å²) in [4.78, 5) is 3.80. The lowest BCUT2D eigenvalue weighted by Crippen LogP contribution is -2.36. The van der Waals surface area contributed by atoms with Crippen molar-refractivity contribution in [3.8, 4) is 0 Å². The van der Waals surface area contributed by atoms with Gasteiger partial charge in [0, 0.05) is 6.04 Å². The topological polar surface area (TPSA) is 50.4 Å². The summed E-state index contributed by atoms with van der Waals surface area (Å²) in [6.45, 7) is 3.38. The lowest BCUT2D eigenvalue weighted by Gasteiger charge is -2.12. The Hall–Kier alpha value is -1.79. The summed E-state index contributed by atoms with van der Waals surface area (Å²) in [5.74, 6) is -0.888. The average molecular weight is 277 g/mol. The fourth-order valence-electron chi connectivity index (χ4n) is 1.46. The van der Waals surface area contributed by atoms with Gasteiger partial charge in [0.15, 0.2) is 5.96 Å². The highest BCUT2D eigenvalue weighted by molar-refractivity contribution is 5.78. The molecule has 3 nitrogen and oxygen atoms in total. The Morgan fingerprint density at radius 1 is 1.37 bits per heavy atom. The van der Waals surface area contributed by atoms with Crippen molar-refractivity contribution in [3.05, 3.63) is 35.1 Å². The molecule has 0 aliphatic rings. The Morgan fingerprint density at radius 2 is 2.00 bits per heavy atom. The van der Waals surface area contributed by atoms with Crippen LogP contribution in [0.1, 0.15) is 25.0 Å². The summed E-state index contributed by atoms with van der Waals surface area (Å²) >= 11 is 0. The van der Waals surface area contributed by atoms with Crippen molar-refractivity contribution < 1.29 is 17.6 Å². The van der Waals surface area contributed by atoms with E-state index < -0.39 is 17.6 Å². The fraction of sp³-hybridized carbons (Fsp3) is 0.417. The molecule has 19 heavy (non-hydrogen) atoms. The van der Waals surface area contributed by atoms with Gasteiger partial charge in [-0.2, -0.15) is 13.2 Å². The summed E-state index contributed by atoms with van der Waals surface area (Å²) in [5.41, 5.74) is 4.34. The molecule has 1 aromatic carbocycles. The SMILES string of the molecule is CC(C)NC(N)=NCc1ccc(F)cc1C(F)(F)F. The Bertz CT molecular complexity index is 467. The first-order valence-corrected chi connectivity index (χ1v) is 5.62. The number of hydrogen-bond donors (Lipinski definition) is 2. The number of halogens is 4. The molecule has 1 aromatic rings. The Kier molecular flexibility index (Phi) is 4.74. The van der Waals surface area contributed by atoms with Crippen LogP contribution in [0.2, 0.25) is 0 Å². The molecule has 0 radical (unpaired) electrons. The van der Waals surface area contributed by atoms with E-state index in [-0.39, 0.29) is 24.1 Å². The third kappa shape index (κ3) is 4.76. The van der Waals surface area contributed by atoms with E-state index >= 15 is 0 Å². The molecule has 0 bridgehead atoms. The third-order valence-electron chi connectivity index (χ3n) is 2.23. The second-order valence-corrected chi connectivity index (χ2v) is 4.30. The zero-order chi connectivity index (χ0) is 14.6. The number of nitrogens with zero attached hydrogens (tertiary/aromatic N) is 1. The standard InChI is InChI=1S/C12H15F4N3/c1-7(2)19-11(17)18-6-8-3-4-9(13)5-10(8)12(14,15)16/h3-5,7H,6H2,1-2H3,(H3,17,18,19). The fourth-order valence-corrected chi connectivity index (χ4v) is 1.46. The molecule has 0 amide bonds. The van der Waals surface area contributed by atoms with Crippen molar-refractivity contribution in [2.24, 2.45) is 10.7 Å². The predicted octanol–water partition coefficient (Wildman–Crippen LogP) is 2.66. The van der Waals surface area contributed by atoms with Crippen LogP contribution in [0.5, 0.6) is 0 Å². The zero-order valence-electron chi connectivity index (χ0n) is 10.6. The van der Waals surface area contributed by atoms with Gasteiger partial charge in [0.1, 0.15) is 5.82 Å². The number of benzene rings is 1. The highest BCUT2D eigenvalue weighted by atomic mass is 19.4. The lowest BCUT2D eigenvalue weighted by atomic mass is 10.1. The molecular weight excluding hydrogens is 262 g/mol. The van der Waals surface area contributed by atoms with Crippen molar-refractivity contribution >= 4 is 5.96 Å². The predicted molar refractivity (Wildman–Crippen MR) is 65.0 cm³/mol. The minimum atomic E-state index is -4.62. The van der Waals surface area contributed by atoms with Crippen molar-refractivity contribution in [2.45, 2.75) is 32.6 Å². The Morgan fingerprint density at radius 3 is 2.53 bits per heavy atom. The molecule has 0 fully saturated rings. The van der Waals surface area contributed by atoms with E-state index in [0.717, 1.165) is 12.1 Å². The highest BCUT2D eigenvalue weighted by Crippen LogP contribution is 2.32. The number of hydrogen-bond acceptors (Lipinski definition) is 1. The molecular formula is C12H15F4N3. The summed E-state index contributed by atoms with van der Waals surface area (Å²) < 4.78 is 51.0. The van der Waals surface area contributed by atoms with Gasteiger partial charge >= 0.3 is 6.18 Å². The van der Waals surface area contributed by atoms with E-state index in [2.05, 4.69) is 10.3 Å². The molecule has 0 aromatic heterocycles. The first-order valence-electron chi connectivity index (χ1n) is 5.62. The van der Waals surface area contributed by atoms with Crippen LogP contribution in [0.25, 0.3) is 0 Å². The summed E-state index contributed by atoms with van der Waals surface area (Å²) in [7, 11) is 0. The lowest BCUT2D eigenvalue weighted by molar-refractivity contribution is -0.138. The van der Waals surface area contributed by atoms with Gasteiger partial charge in [-0.05, 0) is 31.5 Å². The molecule has 0 atom stereocenters. The minimum absolute atomic E-state index is 0.0269. The van der Waals surface area contributed by atoms with Crippen LogP contribution in [0.4, 0.5) is 17.6 Å². The van der Waals surface area contributed by atoms with Gasteiger partial charge in [0.25, 0.3) is 0 Å². The van der Waals surface area contributed by atoms with E-state index in [1.54, 1.807) is 0 Å². The van der Waals surface area contributed by atoms with Gasteiger partial charge in [-0.3, -0.25) is 0 Å². The number of nitrogens with two attached hydrogens (primary N) is 1. The van der Waals surface area contributed by atoms with E-state index in [9.17, 15) is 17.6 Å². The van der Waals surface area contributed by atoms with Crippen LogP contribution >= 0.6 is 0 Å². The molecule has 1 rings (SSSR count). The summed E-state index contributed by atoms with van der Waals surface area (Å²) in [6.07, 6.45) is -4.62. The van der Waals surface area contributed by atoms with Gasteiger partial charge in [-0.15, -0.1) is 0 Å². The molecule has 0 saturated carbocycles. The minimum Gasteiger partial charge on any atom is -0.370 e. The second kappa shape index (κ2) is 5.90. The van der Waals surface area contributed by atoms with Crippen LogP contribution in [0.3, 0.4) is 0 Å². The van der Waals surface area contributed by atoms with Gasteiger partial charge in [-0.1, -0.05) is 6.07 Å². The summed E-state index contributed by atoms with van der Waals surface area (Å²) in [6, 6.07) is 2.51. The largest absolute Gasteiger partial charge is 0.416 e. The Labute approximate surface area is 108 Å². The first-order chi connectivity index (χ1) is 8.70. The van der Waals surface area contributed by atoms with Crippen LogP contribution in [0.15, 0.2) is 23.2 Å². The number of alkyl halides is 3. The monoisotopic (exact) mass is 277 g/mol. The van der Waals surface area contributed by atoms with E-state index in [0.29, 0.717) is 6.07 Å². The quantitative estimate of drug-likeness (QED) is 0.507. The molecule has 0 aliphatic heterocycles. The van der Waals surface area contributed by atoms with Crippen molar-refractivity contribution in [3.63, 3.8) is 0 Å². The van der Waals surface area contributed by atoms with Crippen LogP contribution < -0.4 is 11.1 Å². The van der Waals surface area contributed by atoms with Crippen molar-refractivity contribution in [1.29, 1.82) is 0 Å². The van der Waals surface area contributed by atoms with Crippen molar-refractivity contribution in [1.82, 2.24) is 5.32 Å². The molecule has 3 N–H and O–H groups in total. The molecule has 0 unspecified atom stereocenters. The summed E-state index contributed by atoms with van der Waals surface area (Å²) in [5, 5.41) is 2.75. The molecule has 0 saturated heterocycles. The maximum Gasteiger partial charge on any atom is 0.416 e. The van der Waals surface area contributed by atoms with Gasteiger partial charge in [0.2, 0.25) is 0 Å². The molecule has 106 valence electrons. The van der Waals surface area contributed by atoms with Crippen LogP contribution in [-0.2, 0) is 12.7 Å². The van der Waals surface area contributed by atoms with E-state index in [4.69, 9.17) is 5.73 Å². The number of guanidine groups is 1. The average Bonchev–Trinajstić information content (AvgIpc) is 2.25. The Balaban J connectivity index is 2.96. The number of aliphatic imine (C=N–C) groups is 1. The third-order valence-corrected chi connectivity index (χ3v) is 2.23. The number of nitrogens with one attached hydrogen (secondary N) is 1. The maximum absolute atomic E-state index is 12.9. The molecule has 0 spiro atoms. The normalized spacial score (nSPS) is 12.9. The van der Waals surface area contributed by atoms with Gasteiger partial charge in [-0.25, -0.2) is 9.38 Å². The van der Waals surface area contributed by atoms with Gasteiger partial charge in [0.05, 0.1) is 12.1 Å². The van der Waals surface area contributed by atoms with Crippen LogP contribution in [-0.4, -0.2) is 12.0 Å². The van der Waals surface area contributed by atoms with Crippen molar-refractivity contribution in [2.75, 3.05) is 0 Å². The molecule has 0 heterocycles. The smallest absolute Gasteiger partial charge is 0.370 e. The zero-order valence-corrected chi connectivity index (χ0v) is 10.6. The first kappa shape index (κ1) is 15.3. The molecule has 7 heteroatoms. The second-order valence-electron chi connectivity index (χ2n) is 4.30. The van der Waals surface area contributed by atoms with Crippen LogP contribution in [0, 0.1) is 5.82 Å². The van der Waals surface area contributed by atoms with Gasteiger partial charge < -0.3 is 11.1 Å². The maximum atomic E-state index is 12.9. The molecule has 0 aliphatic carbocycles.